The highest BCUT2D eigenvalue weighted by Crippen LogP contribution is 2.21. The van der Waals surface area contributed by atoms with Gasteiger partial charge >= 0.3 is 0 Å². The Hall–Kier alpha value is -1.63. The first-order valence-electron chi connectivity index (χ1n) is 6.91. The molecule has 2 aromatic rings. The van der Waals surface area contributed by atoms with Crippen molar-refractivity contribution in [3.05, 3.63) is 60.1 Å². The van der Waals surface area contributed by atoms with Crippen LogP contribution in [0, 0.1) is 0 Å². The third-order valence-electron chi connectivity index (χ3n) is 3.04. The second-order valence-electron chi connectivity index (χ2n) is 4.63. The minimum atomic E-state index is -3.22. The summed E-state index contributed by atoms with van der Waals surface area (Å²) in [6.07, 6.45) is 1.61. The van der Waals surface area contributed by atoms with Gasteiger partial charge in [-0.3, -0.25) is 0 Å². The van der Waals surface area contributed by atoms with Crippen LogP contribution in [0.25, 0.3) is 0 Å². The minimum absolute atomic E-state index is 0.0326. The molecule has 0 bridgehead atoms. The first-order valence-corrected chi connectivity index (χ1v) is 8.56. The van der Waals surface area contributed by atoms with Crippen molar-refractivity contribution in [1.29, 1.82) is 0 Å². The monoisotopic (exact) mass is 308 g/mol. The Morgan fingerprint density at radius 1 is 1.14 bits per heavy atom. The Bertz CT molecular complexity index is 624. The van der Waals surface area contributed by atoms with Crippen molar-refractivity contribution >= 4 is 10.0 Å². The Kier molecular flexibility index (Phi) is 5.55. The molecule has 1 unspecified atom stereocenters. The van der Waals surface area contributed by atoms with Crippen LogP contribution in [-0.4, -0.2) is 27.3 Å². The van der Waals surface area contributed by atoms with Crippen molar-refractivity contribution in [3.63, 3.8) is 0 Å². The van der Waals surface area contributed by atoms with Crippen LogP contribution in [0.4, 0.5) is 0 Å². The number of sulfonamides is 1. The Morgan fingerprint density at radius 3 is 2.52 bits per heavy atom. The maximum Gasteiger partial charge on any atom is 0.212 e. The highest BCUT2D eigenvalue weighted by molar-refractivity contribution is 7.89. The lowest BCUT2D eigenvalue weighted by Gasteiger charge is -2.17. The van der Waals surface area contributed by atoms with Gasteiger partial charge in [0.15, 0.2) is 0 Å². The van der Waals surface area contributed by atoms with Crippen LogP contribution in [0.3, 0.4) is 0 Å². The average Bonchev–Trinajstić information content (AvgIpc) is 2.98. The summed E-state index contributed by atoms with van der Waals surface area (Å²) in [7, 11) is -3.22. The van der Waals surface area contributed by atoms with Crippen molar-refractivity contribution in [3.8, 4) is 0 Å². The molecule has 0 fully saturated rings. The molecule has 6 heteroatoms. The normalized spacial score (nSPS) is 13.2. The summed E-state index contributed by atoms with van der Waals surface area (Å²) in [6.45, 7) is 2.51. The molecule has 2 N–H and O–H groups in total. The topological polar surface area (TPSA) is 71.3 Å². The van der Waals surface area contributed by atoms with E-state index >= 15 is 0 Å². The molecule has 0 aliphatic rings. The molecule has 1 aromatic heterocycles. The molecule has 2 rings (SSSR count). The molecule has 0 saturated carbocycles. The van der Waals surface area contributed by atoms with E-state index in [1.807, 2.05) is 42.5 Å². The number of nitrogens with one attached hydrogen (secondary N) is 2. The number of rotatable bonds is 8. The zero-order valence-electron chi connectivity index (χ0n) is 12.0. The highest BCUT2D eigenvalue weighted by Gasteiger charge is 2.17. The molecular formula is C15H20N2O3S. The number of hydrogen-bond acceptors (Lipinski definition) is 4. The van der Waals surface area contributed by atoms with Gasteiger partial charge in [-0.25, -0.2) is 13.1 Å². The SMILES string of the molecule is CCNS(=O)(=O)CCNC(c1ccccc1)c1ccco1. The van der Waals surface area contributed by atoms with Crippen LogP contribution in [0.15, 0.2) is 53.1 Å². The predicted molar refractivity (Wildman–Crippen MR) is 82.5 cm³/mol. The van der Waals surface area contributed by atoms with Gasteiger partial charge in [0.05, 0.1) is 18.1 Å². The van der Waals surface area contributed by atoms with E-state index in [0.717, 1.165) is 11.3 Å². The maximum atomic E-state index is 11.7. The van der Waals surface area contributed by atoms with E-state index in [1.165, 1.54) is 0 Å². The lowest BCUT2D eigenvalue weighted by molar-refractivity contribution is 0.451. The van der Waals surface area contributed by atoms with E-state index in [2.05, 4.69) is 10.0 Å². The molecule has 0 spiro atoms. The molecule has 0 amide bonds. The zero-order valence-corrected chi connectivity index (χ0v) is 12.8. The fourth-order valence-corrected chi connectivity index (χ4v) is 3.08. The Morgan fingerprint density at radius 2 is 1.90 bits per heavy atom. The van der Waals surface area contributed by atoms with Gasteiger partial charge in [0.25, 0.3) is 0 Å². The fourth-order valence-electron chi connectivity index (χ4n) is 2.11. The number of hydrogen-bond donors (Lipinski definition) is 2. The summed E-state index contributed by atoms with van der Waals surface area (Å²) in [6, 6.07) is 13.4. The van der Waals surface area contributed by atoms with Gasteiger partial charge in [0.1, 0.15) is 5.76 Å². The second kappa shape index (κ2) is 7.40. The molecule has 0 aliphatic carbocycles. The van der Waals surface area contributed by atoms with Crippen molar-refractivity contribution in [2.24, 2.45) is 0 Å². The summed E-state index contributed by atoms with van der Waals surface area (Å²) >= 11 is 0. The van der Waals surface area contributed by atoms with Gasteiger partial charge in [0, 0.05) is 13.1 Å². The van der Waals surface area contributed by atoms with Gasteiger partial charge in [-0.15, -0.1) is 0 Å². The van der Waals surface area contributed by atoms with E-state index in [1.54, 1.807) is 13.2 Å². The third-order valence-corrected chi connectivity index (χ3v) is 4.51. The van der Waals surface area contributed by atoms with Gasteiger partial charge in [-0.1, -0.05) is 37.3 Å². The van der Waals surface area contributed by atoms with Crippen LogP contribution >= 0.6 is 0 Å². The molecule has 5 nitrogen and oxygen atoms in total. The van der Waals surface area contributed by atoms with Crippen LogP contribution in [0.5, 0.6) is 0 Å². The summed E-state index contributed by atoms with van der Waals surface area (Å²) in [5.74, 6) is 0.798. The first kappa shape index (κ1) is 15.8. The molecule has 1 aromatic carbocycles. The van der Waals surface area contributed by atoms with Crippen molar-refractivity contribution < 1.29 is 12.8 Å². The van der Waals surface area contributed by atoms with E-state index in [4.69, 9.17) is 4.42 Å². The van der Waals surface area contributed by atoms with E-state index < -0.39 is 10.0 Å². The summed E-state index contributed by atoms with van der Waals surface area (Å²) in [5.41, 5.74) is 1.04. The molecular weight excluding hydrogens is 288 g/mol. The van der Waals surface area contributed by atoms with Crippen LogP contribution in [0.1, 0.15) is 24.3 Å². The lowest BCUT2D eigenvalue weighted by Crippen LogP contribution is -2.33. The smallest absolute Gasteiger partial charge is 0.212 e. The number of benzene rings is 1. The van der Waals surface area contributed by atoms with E-state index in [0.29, 0.717) is 13.1 Å². The zero-order chi connectivity index (χ0) is 15.1. The summed E-state index contributed by atoms with van der Waals surface area (Å²) in [5, 5.41) is 3.24. The molecule has 0 aliphatic heterocycles. The molecule has 0 saturated heterocycles. The predicted octanol–water partition coefficient (Wildman–Crippen LogP) is 1.90. The van der Waals surface area contributed by atoms with Gasteiger partial charge in [-0.2, -0.15) is 0 Å². The standard InChI is InChI=1S/C15H20N2O3S/c1-2-17-21(18,19)12-10-16-15(14-9-6-11-20-14)13-7-4-3-5-8-13/h3-9,11,15-17H,2,10,12H2,1H3. The van der Waals surface area contributed by atoms with Gasteiger partial charge in [0.2, 0.25) is 10.0 Å². The summed E-state index contributed by atoms with van der Waals surface area (Å²) in [4.78, 5) is 0. The Labute approximate surface area is 125 Å². The quantitative estimate of drug-likeness (QED) is 0.781. The maximum absolute atomic E-state index is 11.7. The average molecular weight is 308 g/mol. The van der Waals surface area contributed by atoms with Crippen LogP contribution in [-0.2, 0) is 10.0 Å². The highest BCUT2D eigenvalue weighted by atomic mass is 32.2. The molecule has 1 heterocycles. The molecule has 114 valence electrons. The van der Waals surface area contributed by atoms with Crippen molar-refractivity contribution in [1.82, 2.24) is 10.0 Å². The van der Waals surface area contributed by atoms with E-state index in [9.17, 15) is 8.42 Å². The van der Waals surface area contributed by atoms with Crippen LogP contribution < -0.4 is 10.0 Å². The summed E-state index contributed by atoms with van der Waals surface area (Å²) < 4.78 is 31.3. The van der Waals surface area contributed by atoms with Crippen LogP contribution in [0.2, 0.25) is 0 Å². The van der Waals surface area contributed by atoms with Crippen molar-refractivity contribution in [2.45, 2.75) is 13.0 Å². The lowest BCUT2D eigenvalue weighted by atomic mass is 10.0. The Balaban J connectivity index is 2.05. The van der Waals surface area contributed by atoms with Gasteiger partial charge < -0.3 is 9.73 Å². The number of furan rings is 1. The molecule has 1 atom stereocenters. The largest absolute Gasteiger partial charge is 0.467 e. The molecule has 0 radical (unpaired) electrons. The third kappa shape index (κ3) is 4.70. The first-order chi connectivity index (χ1) is 10.1. The second-order valence-corrected chi connectivity index (χ2v) is 6.56. The van der Waals surface area contributed by atoms with Gasteiger partial charge in [-0.05, 0) is 17.7 Å². The van der Waals surface area contributed by atoms with Crippen molar-refractivity contribution in [2.75, 3.05) is 18.8 Å². The minimum Gasteiger partial charge on any atom is -0.467 e. The van der Waals surface area contributed by atoms with E-state index in [-0.39, 0.29) is 11.8 Å². The molecule has 21 heavy (non-hydrogen) atoms. The fraction of sp³-hybridized carbons (Fsp3) is 0.333.